The van der Waals surface area contributed by atoms with Crippen molar-refractivity contribution in [1.82, 2.24) is 14.9 Å². The fourth-order valence-electron chi connectivity index (χ4n) is 3.55. The van der Waals surface area contributed by atoms with E-state index in [2.05, 4.69) is 9.97 Å². The first-order chi connectivity index (χ1) is 14.2. The number of nitrogens with zero attached hydrogens (tertiary/aromatic N) is 3. The van der Waals surface area contributed by atoms with Gasteiger partial charge < -0.3 is 14.1 Å². The molecular formula is C22H22ClN3O3. The van der Waals surface area contributed by atoms with E-state index in [4.69, 9.17) is 20.8 Å². The lowest BCUT2D eigenvalue weighted by atomic mass is 10.0. The summed E-state index contributed by atoms with van der Waals surface area (Å²) in [7, 11) is 0. The first-order valence-corrected chi connectivity index (χ1v) is 10.1. The van der Waals surface area contributed by atoms with Crippen molar-refractivity contribution in [3.63, 3.8) is 0 Å². The van der Waals surface area contributed by atoms with Gasteiger partial charge in [0.15, 0.2) is 6.61 Å². The van der Waals surface area contributed by atoms with Gasteiger partial charge in [0.05, 0.1) is 12.4 Å². The molecule has 2 aromatic heterocycles. The van der Waals surface area contributed by atoms with E-state index in [0.29, 0.717) is 29.6 Å². The van der Waals surface area contributed by atoms with Crippen molar-refractivity contribution in [2.45, 2.75) is 31.7 Å². The van der Waals surface area contributed by atoms with E-state index in [0.717, 1.165) is 30.6 Å². The maximum atomic E-state index is 12.8. The number of likely N-dealkylation sites (tertiary alicyclic amines) is 1. The number of benzene rings is 1. The van der Waals surface area contributed by atoms with Crippen molar-refractivity contribution in [2.75, 3.05) is 13.2 Å². The smallest absolute Gasteiger partial charge is 0.261 e. The molecule has 0 aliphatic carbocycles. The van der Waals surface area contributed by atoms with Crippen LogP contribution in [-0.2, 0) is 11.2 Å². The van der Waals surface area contributed by atoms with Crippen LogP contribution in [0.4, 0.5) is 0 Å². The van der Waals surface area contributed by atoms with Crippen LogP contribution in [0.25, 0.3) is 0 Å². The highest BCUT2D eigenvalue weighted by molar-refractivity contribution is 6.30. The third-order valence-corrected chi connectivity index (χ3v) is 5.18. The molecule has 1 amide bonds. The van der Waals surface area contributed by atoms with E-state index in [1.54, 1.807) is 30.7 Å². The largest absolute Gasteiger partial charge is 0.482 e. The van der Waals surface area contributed by atoms with Crippen molar-refractivity contribution < 1.29 is 13.9 Å². The zero-order valence-electron chi connectivity index (χ0n) is 16.0. The Morgan fingerprint density at radius 1 is 1.24 bits per heavy atom. The summed E-state index contributed by atoms with van der Waals surface area (Å²) in [6.45, 7) is 0.643. The van der Waals surface area contributed by atoms with E-state index in [1.165, 1.54) is 0 Å². The number of hydrogen-bond acceptors (Lipinski definition) is 5. The monoisotopic (exact) mass is 411 g/mol. The second-order valence-electron chi connectivity index (χ2n) is 7.05. The maximum absolute atomic E-state index is 12.8. The summed E-state index contributed by atoms with van der Waals surface area (Å²) in [5.74, 6) is 1.84. The number of amides is 1. The molecule has 0 unspecified atom stereocenters. The van der Waals surface area contributed by atoms with Crippen molar-refractivity contribution in [3.05, 3.63) is 77.2 Å². The van der Waals surface area contributed by atoms with Crippen molar-refractivity contribution in [3.8, 4) is 5.75 Å². The van der Waals surface area contributed by atoms with Crippen LogP contribution >= 0.6 is 11.6 Å². The quantitative estimate of drug-likeness (QED) is 0.599. The predicted molar refractivity (Wildman–Crippen MR) is 109 cm³/mol. The standard InChI is InChI=1S/C22H22ClN3O3/c23-17-6-3-5-16(11-17)12-19-14-25-22(29-19)20-8-1-2-10-26(20)21(27)15-28-18-7-4-9-24-13-18/h3-7,9,11,13-14,20H,1-2,8,10,12,15H2/t20-/m0/s1. The highest BCUT2D eigenvalue weighted by Gasteiger charge is 2.31. The number of hydrogen-bond donors (Lipinski definition) is 0. The maximum Gasteiger partial charge on any atom is 0.261 e. The molecule has 1 saturated heterocycles. The van der Waals surface area contributed by atoms with Gasteiger partial charge in [0.25, 0.3) is 5.91 Å². The van der Waals surface area contributed by atoms with Crippen LogP contribution in [0.2, 0.25) is 5.02 Å². The number of carbonyl (C=O) groups excluding carboxylic acids is 1. The Hall–Kier alpha value is -2.86. The second kappa shape index (κ2) is 9.09. The number of ether oxygens (including phenoxy) is 1. The Labute approximate surface area is 174 Å². The fourth-order valence-corrected chi connectivity index (χ4v) is 3.77. The molecule has 1 fully saturated rings. The minimum absolute atomic E-state index is 0.0295. The third-order valence-electron chi connectivity index (χ3n) is 4.94. The molecule has 1 aliphatic heterocycles. The van der Waals surface area contributed by atoms with Crippen LogP contribution in [0.15, 0.2) is 59.4 Å². The highest BCUT2D eigenvalue weighted by atomic mass is 35.5. The van der Waals surface area contributed by atoms with E-state index in [9.17, 15) is 4.79 Å². The lowest BCUT2D eigenvalue weighted by molar-refractivity contribution is -0.137. The Kier molecular flexibility index (Phi) is 6.10. The van der Waals surface area contributed by atoms with Crippen molar-refractivity contribution >= 4 is 17.5 Å². The van der Waals surface area contributed by atoms with Crippen molar-refractivity contribution in [1.29, 1.82) is 0 Å². The van der Waals surface area contributed by atoms with Crippen LogP contribution in [0.3, 0.4) is 0 Å². The van der Waals surface area contributed by atoms with Crippen LogP contribution in [-0.4, -0.2) is 33.9 Å². The number of pyridine rings is 1. The van der Waals surface area contributed by atoms with Gasteiger partial charge in [-0.2, -0.15) is 0 Å². The van der Waals surface area contributed by atoms with Gasteiger partial charge in [-0.3, -0.25) is 9.78 Å². The average Bonchev–Trinajstić information content (AvgIpc) is 3.21. The minimum Gasteiger partial charge on any atom is -0.482 e. The van der Waals surface area contributed by atoms with E-state index in [1.807, 2.05) is 29.2 Å². The van der Waals surface area contributed by atoms with E-state index >= 15 is 0 Å². The number of oxazole rings is 1. The summed E-state index contributed by atoms with van der Waals surface area (Å²) in [5, 5.41) is 0.694. The first kappa shape index (κ1) is 19.5. The molecule has 3 aromatic rings. The molecule has 0 N–H and O–H groups in total. The molecule has 0 saturated carbocycles. The number of aromatic nitrogens is 2. The third kappa shape index (κ3) is 4.95. The van der Waals surface area contributed by atoms with Gasteiger partial charge in [-0.1, -0.05) is 23.7 Å². The molecule has 7 heteroatoms. The first-order valence-electron chi connectivity index (χ1n) is 9.70. The molecule has 3 heterocycles. The lowest BCUT2D eigenvalue weighted by Crippen LogP contribution is -2.41. The summed E-state index contributed by atoms with van der Waals surface area (Å²) in [4.78, 5) is 23.1. The molecule has 1 aliphatic rings. The molecule has 1 atom stereocenters. The Morgan fingerprint density at radius 2 is 2.17 bits per heavy atom. The number of rotatable bonds is 6. The molecular weight excluding hydrogens is 390 g/mol. The summed E-state index contributed by atoms with van der Waals surface area (Å²) >= 11 is 6.06. The van der Waals surface area contributed by atoms with Gasteiger partial charge in [0.2, 0.25) is 5.89 Å². The number of piperidine rings is 1. The Morgan fingerprint density at radius 3 is 3.00 bits per heavy atom. The van der Waals surface area contributed by atoms with Crippen LogP contribution in [0.5, 0.6) is 5.75 Å². The summed E-state index contributed by atoms with van der Waals surface area (Å²) in [6, 6.07) is 11.1. The van der Waals surface area contributed by atoms with Crippen molar-refractivity contribution in [2.24, 2.45) is 0 Å². The summed E-state index contributed by atoms with van der Waals surface area (Å²) < 4.78 is 11.6. The predicted octanol–water partition coefficient (Wildman–Crippen LogP) is 4.45. The normalized spacial score (nSPS) is 16.6. The minimum atomic E-state index is -0.165. The second-order valence-corrected chi connectivity index (χ2v) is 7.48. The molecule has 0 radical (unpaired) electrons. The van der Waals surface area contributed by atoms with Gasteiger partial charge in [-0.15, -0.1) is 0 Å². The zero-order valence-corrected chi connectivity index (χ0v) is 16.7. The summed E-state index contributed by atoms with van der Waals surface area (Å²) in [5.41, 5.74) is 1.06. The molecule has 6 nitrogen and oxygen atoms in total. The Bertz CT molecular complexity index is 961. The van der Waals surface area contributed by atoms with Gasteiger partial charge in [0.1, 0.15) is 17.6 Å². The number of halogens is 1. The van der Waals surface area contributed by atoms with Crippen LogP contribution < -0.4 is 4.74 Å². The topological polar surface area (TPSA) is 68.5 Å². The Balaban J connectivity index is 1.43. The van der Waals surface area contributed by atoms with E-state index < -0.39 is 0 Å². The number of carbonyl (C=O) groups is 1. The zero-order chi connectivity index (χ0) is 20.1. The van der Waals surface area contributed by atoms with Gasteiger partial charge >= 0.3 is 0 Å². The van der Waals surface area contributed by atoms with E-state index in [-0.39, 0.29) is 18.6 Å². The molecule has 0 bridgehead atoms. The molecule has 29 heavy (non-hydrogen) atoms. The van der Waals surface area contributed by atoms with Gasteiger partial charge in [-0.05, 0) is 49.1 Å². The molecule has 0 spiro atoms. The van der Waals surface area contributed by atoms with Crippen LogP contribution in [0.1, 0.15) is 42.5 Å². The molecule has 1 aromatic carbocycles. The van der Waals surface area contributed by atoms with Gasteiger partial charge in [0, 0.05) is 24.2 Å². The fraction of sp³-hybridized carbons (Fsp3) is 0.318. The SMILES string of the molecule is O=C(COc1cccnc1)N1CCCC[C@H]1c1ncc(Cc2cccc(Cl)c2)o1. The molecule has 150 valence electrons. The lowest BCUT2D eigenvalue weighted by Gasteiger charge is -2.33. The summed E-state index contributed by atoms with van der Waals surface area (Å²) in [6.07, 6.45) is 8.43. The highest BCUT2D eigenvalue weighted by Crippen LogP contribution is 2.31. The van der Waals surface area contributed by atoms with Gasteiger partial charge in [-0.25, -0.2) is 4.98 Å². The van der Waals surface area contributed by atoms with Crippen LogP contribution in [0, 0.1) is 0 Å². The average molecular weight is 412 g/mol. The molecule has 4 rings (SSSR count).